The molecule has 1 aliphatic rings. The first-order chi connectivity index (χ1) is 18.4. The van der Waals surface area contributed by atoms with Crippen molar-refractivity contribution in [1.29, 1.82) is 0 Å². The van der Waals surface area contributed by atoms with E-state index in [1.54, 1.807) is 12.1 Å². The van der Waals surface area contributed by atoms with Crippen molar-refractivity contribution in [2.75, 3.05) is 6.54 Å². The van der Waals surface area contributed by atoms with Crippen LogP contribution in [0.4, 0.5) is 13.2 Å². The number of halogens is 3. The van der Waals surface area contributed by atoms with Crippen LogP contribution >= 0.6 is 0 Å². The normalized spacial score (nSPS) is 23.3. The van der Waals surface area contributed by atoms with Crippen LogP contribution in [-0.4, -0.2) is 57.3 Å². The summed E-state index contributed by atoms with van der Waals surface area (Å²) in [5.74, 6) is -0.898. The van der Waals surface area contributed by atoms with E-state index in [1.807, 2.05) is 12.2 Å². The molecule has 1 amide bonds. The van der Waals surface area contributed by atoms with Gasteiger partial charge in [0.2, 0.25) is 5.91 Å². The molecule has 6 atom stereocenters. The smallest absolute Gasteiger partial charge is 0.393 e. The summed E-state index contributed by atoms with van der Waals surface area (Å²) in [7, 11) is 0. The predicted octanol–water partition coefficient (Wildman–Crippen LogP) is 3.74. The summed E-state index contributed by atoms with van der Waals surface area (Å²) in [4.78, 5) is 26.4. The summed E-state index contributed by atoms with van der Waals surface area (Å²) in [6.45, 7) is 1.51. The first-order valence-electron chi connectivity index (χ1n) is 13.0. The Morgan fingerprint density at radius 1 is 1.28 bits per heavy atom. The van der Waals surface area contributed by atoms with Crippen LogP contribution in [0.1, 0.15) is 56.6 Å². The van der Waals surface area contributed by atoms with Gasteiger partial charge in [0.25, 0.3) is 5.09 Å². The fourth-order valence-corrected chi connectivity index (χ4v) is 4.56. The molecule has 0 aromatic heterocycles. The second-order valence-electron chi connectivity index (χ2n) is 9.84. The van der Waals surface area contributed by atoms with Crippen molar-refractivity contribution in [2.24, 2.45) is 11.8 Å². The SMILES string of the molecule is CC(CNC(=O)CCCC=CC[C@@H]1[C@@H](C=C[C@@H](O)CCc2cccc(C(F)(F)F)c2)[C@H](O)C[C@@H]1O)O[N+](=O)[O-]. The number of benzene rings is 1. The molecule has 12 heteroatoms. The third-order valence-corrected chi connectivity index (χ3v) is 6.66. The summed E-state index contributed by atoms with van der Waals surface area (Å²) in [6.07, 6.45) is 1.91. The summed E-state index contributed by atoms with van der Waals surface area (Å²) in [6, 6.07) is 4.98. The van der Waals surface area contributed by atoms with Crippen molar-refractivity contribution >= 4 is 5.91 Å². The van der Waals surface area contributed by atoms with Crippen LogP contribution in [0.3, 0.4) is 0 Å². The molecule has 0 aliphatic heterocycles. The van der Waals surface area contributed by atoms with Gasteiger partial charge in [-0.15, -0.1) is 10.1 Å². The van der Waals surface area contributed by atoms with E-state index in [4.69, 9.17) is 0 Å². The number of hydrogen-bond donors (Lipinski definition) is 4. The number of allylic oxidation sites excluding steroid dienone is 2. The van der Waals surface area contributed by atoms with Gasteiger partial charge in [-0.05, 0) is 56.6 Å². The van der Waals surface area contributed by atoms with Gasteiger partial charge in [-0.3, -0.25) is 4.79 Å². The summed E-state index contributed by atoms with van der Waals surface area (Å²) < 4.78 is 38.7. The van der Waals surface area contributed by atoms with E-state index < -0.39 is 41.2 Å². The summed E-state index contributed by atoms with van der Waals surface area (Å²) in [5.41, 5.74) is -0.269. The Bertz CT molecular complexity index is 986. The van der Waals surface area contributed by atoms with Crippen LogP contribution in [0, 0.1) is 22.0 Å². The fourth-order valence-electron chi connectivity index (χ4n) is 4.56. The van der Waals surface area contributed by atoms with E-state index in [2.05, 4.69) is 10.2 Å². The minimum atomic E-state index is -4.43. The number of aliphatic hydroxyl groups excluding tert-OH is 3. The standard InChI is InChI=1S/C27H37F3N2O7/c1-18(39-32(37)38)17-31-26(36)10-5-3-2-4-9-22-23(25(35)16-24(22)34)14-13-21(33)12-11-19-7-6-8-20(15-19)27(28,29)30/h2,4,6-8,13-15,18,21-25,33-35H,3,5,9-12,16-17H2,1H3,(H,31,36)/t18?,21-,22+,23+,24-,25+/m0/s1. The van der Waals surface area contributed by atoms with Crippen LogP contribution in [0.2, 0.25) is 0 Å². The minimum absolute atomic E-state index is 0.0341. The monoisotopic (exact) mass is 558 g/mol. The van der Waals surface area contributed by atoms with E-state index in [9.17, 15) is 43.4 Å². The highest BCUT2D eigenvalue weighted by Crippen LogP contribution is 2.36. The van der Waals surface area contributed by atoms with Crippen molar-refractivity contribution < 1.29 is 43.2 Å². The Morgan fingerprint density at radius 2 is 2.03 bits per heavy atom. The zero-order valence-electron chi connectivity index (χ0n) is 21.8. The predicted molar refractivity (Wildman–Crippen MR) is 137 cm³/mol. The zero-order chi connectivity index (χ0) is 29.0. The van der Waals surface area contributed by atoms with Crippen LogP contribution in [-0.2, 0) is 22.2 Å². The van der Waals surface area contributed by atoms with Gasteiger partial charge in [-0.1, -0.05) is 42.5 Å². The van der Waals surface area contributed by atoms with Crippen molar-refractivity contribution in [3.63, 3.8) is 0 Å². The first kappa shape index (κ1) is 32.3. The fraction of sp³-hybridized carbons (Fsp3) is 0.593. The lowest BCUT2D eigenvalue weighted by molar-refractivity contribution is -0.767. The number of carbonyl (C=O) groups excluding carboxylic acids is 1. The maximum Gasteiger partial charge on any atom is 0.416 e. The van der Waals surface area contributed by atoms with E-state index in [0.717, 1.165) is 12.1 Å². The summed E-state index contributed by atoms with van der Waals surface area (Å²) in [5, 5.41) is 43.0. The van der Waals surface area contributed by atoms with Gasteiger partial charge in [0, 0.05) is 25.3 Å². The number of carbonyl (C=O) groups is 1. The molecule has 0 heterocycles. The van der Waals surface area contributed by atoms with Crippen LogP contribution < -0.4 is 5.32 Å². The lowest BCUT2D eigenvalue weighted by Crippen LogP contribution is -2.32. The summed E-state index contributed by atoms with van der Waals surface area (Å²) >= 11 is 0. The molecule has 39 heavy (non-hydrogen) atoms. The van der Waals surface area contributed by atoms with Crippen molar-refractivity contribution in [3.8, 4) is 0 Å². The molecule has 0 spiro atoms. The molecular formula is C27H37F3N2O7. The molecule has 1 unspecified atom stereocenters. The Kier molecular flexibility index (Phi) is 12.9. The number of nitrogens with one attached hydrogen (secondary N) is 1. The zero-order valence-corrected chi connectivity index (χ0v) is 21.8. The Balaban J connectivity index is 1.76. The van der Waals surface area contributed by atoms with E-state index in [0.29, 0.717) is 24.8 Å². The molecule has 218 valence electrons. The van der Waals surface area contributed by atoms with Gasteiger partial charge < -0.3 is 25.5 Å². The van der Waals surface area contributed by atoms with E-state index >= 15 is 0 Å². The Labute approximate surface area is 225 Å². The lowest BCUT2D eigenvalue weighted by atomic mass is 9.89. The molecule has 1 aromatic rings. The van der Waals surface area contributed by atoms with E-state index in [1.165, 1.54) is 19.1 Å². The second kappa shape index (κ2) is 15.6. The van der Waals surface area contributed by atoms with E-state index in [-0.39, 0.29) is 50.0 Å². The molecule has 4 N–H and O–H groups in total. The average Bonchev–Trinajstić information content (AvgIpc) is 3.13. The average molecular weight is 559 g/mol. The molecule has 1 fully saturated rings. The molecular weight excluding hydrogens is 521 g/mol. The third-order valence-electron chi connectivity index (χ3n) is 6.66. The number of amides is 1. The minimum Gasteiger partial charge on any atom is -0.393 e. The number of aryl methyl sites for hydroxylation is 1. The largest absolute Gasteiger partial charge is 0.416 e. The maximum absolute atomic E-state index is 12.9. The van der Waals surface area contributed by atoms with Gasteiger partial charge in [0.1, 0.15) is 6.10 Å². The number of alkyl halides is 3. The first-order valence-corrected chi connectivity index (χ1v) is 13.0. The quantitative estimate of drug-likeness (QED) is 0.111. The van der Waals surface area contributed by atoms with Crippen LogP contribution in [0.15, 0.2) is 48.6 Å². The molecule has 2 rings (SSSR count). The molecule has 0 saturated heterocycles. The second-order valence-corrected chi connectivity index (χ2v) is 9.84. The maximum atomic E-state index is 12.9. The molecule has 9 nitrogen and oxygen atoms in total. The molecule has 0 bridgehead atoms. The topological polar surface area (TPSA) is 142 Å². The highest BCUT2D eigenvalue weighted by molar-refractivity contribution is 5.75. The third kappa shape index (κ3) is 11.8. The molecule has 0 radical (unpaired) electrons. The molecule has 1 saturated carbocycles. The number of hydrogen-bond acceptors (Lipinski definition) is 7. The van der Waals surface area contributed by atoms with Gasteiger partial charge in [0.15, 0.2) is 0 Å². The Morgan fingerprint density at radius 3 is 2.72 bits per heavy atom. The van der Waals surface area contributed by atoms with Gasteiger partial charge in [-0.2, -0.15) is 13.2 Å². The highest BCUT2D eigenvalue weighted by Gasteiger charge is 2.39. The highest BCUT2D eigenvalue weighted by atomic mass is 19.4. The molecule has 1 aromatic carbocycles. The van der Waals surface area contributed by atoms with Gasteiger partial charge in [-0.25, -0.2) is 0 Å². The van der Waals surface area contributed by atoms with Crippen LogP contribution in [0.5, 0.6) is 0 Å². The van der Waals surface area contributed by atoms with Crippen molar-refractivity contribution in [3.05, 3.63) is 69.8 Å². The van der Waals surface area contributed by atoms with Crippen LogP contribution in [0.25, 0.3) is 0 Å². The number of nitrogens with zero attached hydrogens (tertiary/aromatic N) is 1. The van der Waals surface area contributed by atoms with Gasteiger partial charge in [0.05, 0.1) is 23.9 Å². The lowest BCUT2D eigenvalue weighted by Gasteiger charge is -2.19. The Hall–Kier alpha value is -2.96. The number of aliphatic hydroxyl groups is 3. The van der Waals surface area contributed by atoms with Gasteiger partial charge >= 0.3 is 6.18 Å². The number of rotatable bonds is 15. The number of unbranched alkanes of at least 4 members (excludes halogenated alkanes) is 1. The van der Waals surface area contributed by atoms with Crippen molar-refractivity contribution in [1.82, 2.24) is 5.32 Å². The van der Waals surface area contributed by atoms with Crippen molar-refractivity contribution in [2.45, 2.75) is 82.5 Å². The molecule has 1 aliphatic carbocycles.